The second kappa shape index (κ2) is 8.25. The molecule has 0 N–H and O–H groups in total. The van der Waals surface area contributed by atoms with Crippen molar-refractivity contribution in [2.75, 3.05) is 0 Å². The highest BCUT2D eigenvalue weighted by molar-refractivity contribution is 5.88. The molecule has 0 bridgehead atoms. The van der Waals surface area contributed by atoms with Gasteiger partial charge in [-0.15, -0.1) is 0 Å². The molecule has 2 aromatic carbocycles. The van der Waals surface area contributed by atoms with E-state index in [1.54, 1.807) is 0 Å². The molecule has 0 radical (unpaired) electrons. The number of unbranched alkanes of at least 4 members (excludes halogenated alkanes) is 3. The summed E-state index contributed by atoms with van der Waals surface area (Å²) in [6.07, 6.45) is 5.37. The second-order valence-corrected chi connectivity index (χ2v) is 6.74. The molecule has 2 heteroatoms. The second-order valence-electron chi connectivity index (χ2n) is 6.74. The van der Waals surface area contributed by atoms with Gasteiger partial charge in [0.25, 0.3) is 0 Å². The van der Waals surface area contributed by atoms with E-state index in [9.17, 15) is 4.79 Å². The van der Waals surface area contributed by atoms with Gasteiger partial charge in [0.2, 0.25) is 0 Å². The first-order valence-corrected chi connectivity index (χ1v) is 9.18. The molecule has 3 rings (SSSR count). The van der Waals surface area contributed by atoms with Crippen molar-refractivity contribution in [3.8, 4) is 0 Å². The number of hydrogen-bond donors (Lipinski definition) is 0. The lowest BCUT2D eigenvalue weighted by Crippen LogP contribution is -2.12. The first-order chi connectivity index (χ1) is 11.8. The van der Waals surface area contributed by atoms with Crippen molar-refractivity contribution in [1.82, 2.24) is 4.90 Å². The third kappa shape index (κ3) is 4.12. The van der Waals surface area contributed by atoms with Gasteiger partial charge in [-0.05, 0) is 17.5 Å². The zero-order chi connectivity index (χ0) is 16.8. The number of rotatable bonds is 9. The molecule has 1 heterocycles. The van der Waals surface area contributed by atoms with E-state index >= 15 is 0 Å². The van der Waals surface area contributed by atoms with Gasteiger partial charge in [0.15, 0.2) is 5.78 Å². The summed E-state index contributed by atoms with van der Waals surface area (Å²) in [4.78, 5) is 15.1. The van der Waals surface area contributed by atoms with Crippen molar-refractivity contribution >= 4 is 5.78 Å². The van der Waals surface area contributed by atoms with Gasteiger partial charge in [-0.1, -0.05) is 86.8 Å². The lowest BCUT2D eigenvalue weighted by molar-refractivity contribution is -0.119. The van der Waals surface area contributed by atoms with Crippen LogP contribution in [0.3, 0.4) is 0 Å². The Morgan fingerprint density at radius 1 is 0.917 bits per heavy atom. The van der Waals surface area contributed by atoms with Gasteiger partial charge < -0.3 is 0 Å². The Hall–Kier alpha value is -1.93. The molecule has 3 atom stereocenters. The minimum Gasteiger partial charge on any atom is -0.298 e. The maximum absolute atomic E-state index is 12.7. The Morgan fingerprint density at radius 2 is 1.58 bits per heavy atom. The van der Waals surface area contributed by atoms with Gasteiger partial charge in [0.05, 0.1) is 12.1 Å². The van der Waals surface area contributed by atoms with E-state index in [2.05, 4.69) is 60.4 Å². The van der Waals surface area contributed by atoms with E-state index in [1.165, 1.54) is 30.4 Å². The van der Waals surface area contributed by atoms with E-state index in [0.29, 0.717) is 5.78 Å². The molecule has 1 fully saturated rings. The normalized spacial score (nSPS) is 22.3. The first-order valence-electron chi connectivity index (χ1n) is 9.18. The summed E-state index contributed by atoms with van der Waals surface area (Å²) in [6, 6.07) is 21.2. The van der Waals surface area contributed by atoms with E-state index in [-0.39, 0.29) is 12.1 Å². The summed E-state index contributed by atoms with van der Waals surface area (Å²) in [5.74, 6) is 0.413. The molecule has 1 aliphatic heterocycles. The van der Waals surface area contributed by atoms with Crippen LogP contribution in [-0.4, -0.2) is 16.7 Å². The average molecular weight is 321 g/mol. The first kappa shape index (κ1) is 16.9. The average Bonchev–Trinajstić information content (AvgIpc) is 3.34. The molecule has 24 heavy (non-hydrogen) atoms. The molecular weight excluding hydrogens is 294 g/mol. The number of carbonyl (C=O) groups excluding carboxylic acids is 1. The molecule has 1 saturated heterocycles. The van der Waals surface area contributed by atoms with E-state index in [1.807, 2.05) is 12.1 Å². The van der Waals surface area contributed by atoms with Gasteiger partial charge in [-0.3, -0.25) is 9.69 Å². The lowest BCUT2D eigenvalue weighted by Gasteiger charge is -2.04. The van der Waals surface area contributed by atoms with Crippen molar-refractivity contribution in [3.05, 3.63) is 71.8 Å². The van der Waals surface area contributed by atoms with Crippen LogP contribution in [0.5, 0.6) is 0 Å². The summed E-state index contributed by atoms with van der Waals surface area (Å²) < 4.78 is 0. The zero-order valence-electron chi connectivity index (χ0n) is 14.5. The minimum atomic E-state index is 0.0641. The van der Waals surface area contributed by atoms with Crippen LogP contribution in [0.2, 0.25) is 0 Å². The topological polar surface area (TPSA) is 20.1 Å². The van der Waals surface area contributed by atoms with E-state index in [0.717, 1.165) is 19.4 Å². The molecule has 1 aliphatic rings. The monoisotopic (exact) mass is 321 g/mol. The van der Waals surface area contributed by atoms with E-state index < -0.39 is 0 Å². The number of Topliss-reactive ketones (excluding diaryl/α,β-unsaturated/α-hetero) is 1. The largest absolute Gasteiger partial charge is 0.298 e. The van der Waals surface area contributed by atoms with Crippen LogP contribution >= 0.6 is 0 Å². The van der Waals surface area contributed by atoms with Crippen molar-refractivity contribution in [3.63, 3.8) is 0 Å². The van der Waals surface area contributed by atoms with Crippen LogP contribution in [0.25, 0.3) is 0 Å². The van der Waals surface area contributed by atoms with Gasteiger partial charge in [-0.25, -0.2) is 0 Å². The maximum Gasteiger partial charge on any atom is 0.151 e. The highest BCUT2D eigenvalue weighted by atomic mass is 16.1. The van der Waals surface area contributed by atoms with Crippen molar-refractivity contribution in [1.29, 1.82) is 0 Å². The number of nitrogens with zero attached hydrogens (tertiary/aromatic N) is 1. The molecule has 2 nitrogen and oxygen atoms in total. The lowest BCUT2D eigenvalue weighted by atomic mass is 10.0. The standard InChI is InChI=1S/C22H27NO/c1-2-3-4-11-16-20(24)22-21(19-14-9-6-10-15-19)23(22)17-18-12-7-5-8-13-18/h5-10,12-15,21-22H,2-4,11,16-17H2,1H3/t21-,22+,23?/m1/s1. The number of hydrogen-bond acceptors (Lipinski definition) is 2. The Morgan fingerprint density at radius 3 is 2.25 bits per heavy atom. The fourth-order valence-electron chi connectivity index (χ4n) is 3.53. The predicted molar refractivity (Wildman–Crippen MR) is 98.7 cm³/mol. The SMILES string of the molecule is CCCCCCC(=O)[C@H]1[C@@H](c2ccccc2)N1Cc1ccccc1. The molecule has 0 aliphatic carbocycles. The van der Waals surface area contributed by atoms with Crippen LogP contribution < -0.4 is 0 Å². The maximum atomic E-state index is 12.7. The van der Waals surface area contributed by atoms with Crippen LogP contribution in [0.4, 0.5) is 0 Å². The molecule has 0 spiro atoms. The highest BCUT2D eigenvalue weighted by Gasteiger charge is 2.51. The summed E-state index contributed by atoms with van der Waals surface area (Å²) in [5.41, 5.74) is 2.54. The summed E-state index contributed by atoms with van der Waals surface area (Å²) in [5, 5.41) is 0. The molecule has 0 aromatic heterocycles. The zero-order valence-corrected chi connectivity index (χ0v) is 14.5. The Labute approximate surface area is 145 Å². The Kier molecular flexibility index (Phi) is 5.81. The third-order valence-electron chi connectivity index (χ3n) is 4.88. The number of carbonyl (C=O) groups is 1. The molecule has 2 aromatic rings. The van der Waals surface area contributed by atoms with Crippen LogP contribution in [0, 0.1) is 0 Å². The van der Waals surface area contributed by atoms with Gasteiger partial charge in [0, 0.05) is 13.0 Å². The summed E-state index contributed by atoms with van der Waals surface area (Å²) in [7, 11) is 0. The van der Waals surface area contributed by atoms with Crippen LogP contribution in [0.1, 0.15) is 56.2 Å². The molecule has 0 saturated carbocycles. The van der Waals surface area contributed by atoms with Gasteiger partial charge in [-0.2, -0.15) is 0 Å². The van der Waals surface area contributed by atoms with Crippen LogP contribution in [-0.2, 0) is 11.3 Å². The number of ketones is 1. The fourth-order valence-corrected chi connectivity index (χ4v) is 3.53. The molecule has 0 amide bonds. The summed E-state index contributed by atoms with van der Waals surface area (Å²) >= 11 is 0. The van der Waals surface area contributed by atoms with Crippen molar-refractivity contribution in [2.24, 2.45) is 0 Å². The highest BCUT2D eigenvalue weighted by Crippen LogP contribution is 2.45. The predicted octanol–water partition coefficient (Wildman–Crippen LogP) is 5.15. The van der Waals surface area contributed by atoms with Crippen LogP contribution in [0.15, 0.2) is 60.7 Å². The quantitative estimate of drug-likeness (QED) is 0.470. The smallest absolute Gasteiger partial charge is 0.151 e. The molecule has 1 unspecified atom stereocenters. The van der Waals surface area contributed by atoms with E-state index in [4.69, 9.17) is 0 Å². The summed E-state index contributed by atoms with van der Waals surface area (Å²) in [6.45, 7) is 3.06. The molecule has 126 valence electrons. The van der Waals surface area contributed by atoms with Crippen molar-refractivity contribution < 1.29 is 4.79 Å². The minimum absolute atomic E-state index is 0.0641. The Balaban J connectivity index is 1.66. The van der Waals surface area contributed by atoms with Gasteiger partial charge >= 0.3 is 0 Å². The Bertz CT molecular complexity index is 638. The fraction of sp³-hybridized carbons (Fsp3) is 0.409. The van der Waals surface area contributed by atoms with Gasteiger partial charge in [0.1, 0.15) is 0 Å². The van der Waals surface area contributed by atoms with Crippen molar-refractivity contribution in [2.45, 2.75) is 57.7 Å². The molecular formula is C22H27NO. The third-order valence-corrected chi connectivity index (χ3v) is 4.88. The number of benzene rings is 2.